The van der Waals surface area contributed by atoms with Crippen molar-refractivity contribution >= 4 is 0 Å². The van der Waals surface area contributed by atoms with Gasteiger partial charge >= 0.3 is 0 Å². The molecule has 0 amide bonds. The molecule has 0 aliphatic heterocycles. The Labute approximate surface area is 96.6 Å². The summed E-state index contributed by atoms with van der Waals surface area (Å²) in [5.74, 6) is 0. The smallest absolute Gasteiger partial charge is 0.251 e. The number of aliphatic hydroxyl groups is 1. The Morgan fingerprint density at radius 2 is 2.06 bits per heavy atom. The van der Waals surface area contributed by atoms with Crippen LogP contribution in [0.5, 0.6) is 0 Å². The summed E-state index contributed by atoms with van der Waals surface area (Å²) in [6.07, 6.45) is -0.318. The zero-order valence-corrected chi connectivity index (χ0v) is 10.4. The van der Waals surface area contributed by atoms with Crippen LogP contribution < -0.4 is 0 Å². The molecule has 0 heterocycles. The summed E-state index contributed by atoms with van der Waals surface area (Å²) in [5.41, 5.74) is 0.0180. The van der Waals surface area contributed by atoms with Crippen LogP contribution in [0.25, 0.3) is 0 Å². The lowest BCUT2D eigenvalue weighted by molar-refractivity contribution is -0.0308. The summed E-state index contributed by atoms with van der Waals surface area (Å²) in [4.78, 5) is 1.81. The highest BCUT2D eigenvalue weighted by Crippen LogP contribution is 2.38. The molecule has 1 fully saturated rings. The molecule has 1 rings (SSSR count). The van der Waals surface area contributed by atoms with E-state index in [1.165, 1.54) is 0 Å². The van der Waals surface area contributed by atoms with Crippen molar-refractivity contribution in [3.63, 3.8) is 0 Å². The third kappa shape index (κ3) is 3.39. The van der Waals surface area contributed by atoms with Crippen LogP contribution in [0.2, 0.25) is 0 Å². The number of hydrogen-bond acceptors (Lipinski definition) is 2. The molecule has 0 radical (unpaired) electrons. The lowest BCUT2D eigenvalue weighted by Crippen LogP contribution is -2.51. The molecule has 1 aliphatic carbocycles. The Balaban J connectivity index is 2.71. The third-order valence-electron chi connectivity index (χ3n) is 3.74. The van der Waals surface area contributed by atoms with Gasteiger partial charge < -0.3 is 5.11 Å². The lowest BCUT2D eigenvalue weighted by atomic mass is 9.71. The van der Waals surface area contributed by atoms with E-state index in [2.05, 4.69) is 13.8 Å². The second kappa shape index (κ2) is 5.41. The molecule has 96 valence electrons. The van der Waals surface area contributed by atoms with E-state index in [4.69, 9.17) is 0 Å². The van der Waals surface area contributed by atoms with Crippen molar-refractivity contribution in [2.24, 2.45) is 5.41 Å². The molecule has 0 aromatic carbocycles. The second-order valence-corrected chi connectivity index (χ2v) is 5.41. The van der Waals surface area contributed by atoms with E-state index in [0.29, 0.717) is 13.0 Å². The summed E-state index contributed by atoms with van der Waals surface area (Å²) in [5, 5.41) is 9.68. The zero-order chi connectivity index (χ0) is 12.3. The van der Waals surface area contributed by atoms with Gasteiger partial charge in [0.15, 0.2) is 0 Å². The summed E-state index contributed by atoms with van der Waals surface area (Å²) in [6.45, 7) is 6.55. The molecule has 2 atom stereocenters. The first-order valence-electron chi connectivity index (χ1n) is 6.07. The van der Waals surface area contributed by atoms with E-state index in [0.717, 1.165) is 12.8 Å². The Morgan fingerprint density at radius 1 is 1.44 bits per heavy atom. The van der Waals surface area contributed by atoms with Crippen LogP contribution in [0.15, 0.2) is 0 Å². The molecule has 0 bridgehead atoms. The fourth-order valence-corrected chi connectivity index (χ4v) is 2.70. The molecular weight excluding hydrogens is 212 g/mol. The maximum absolute atomic E-state index is 12.5. The minimum absolute atomic E-state index is 0.0180. The predicted molar refractivity (Wildman–Crippen MR) is 60.7 cm³/mol. The fourth-order valence-electron chi connectivity index (χ4n) is 2.70. The van der Waals surface area contributed by atoms with Gasteiger partial charge in [-0.15, -0.1) is 0 Å². The largest absolute Gasteiger partial charge is 0.393 e. The highest BCUT2D eigenvalue weighted by molar-refractivity contribution is 4.92. The van der Waals surface area contributed by atoms with Gasteiger partial charge in [0.2, 0.25) is 0 Å². The third-order valence-corrected chi connectivity index (χ3v) is 3.74. The number of halogens is 2. The Hall–Kier alpha value is -0.220. The van der Waals surface area contributed by atoms with Gasteiger partial charge in [-0.1, -0.05) is 20.8 Å². The van der Waals surface area contributed by atoms with Gasteiger partial charge in [-0.05, 0) is 31.2 Å². The summed E-state index contributed by atoms with van der Waals surface area (Å²) >= 11 is 0. The van der Waals surface area contributed by atoms with E-state index < -0.39 is 6.43 Å². The van der Waals surface area contributed by atoms with E-state index in [1.54, 1.807) is 0 Å². The Bertz CT molecular complexity index is 221. The van der Waals surface area contributed by atoms with Crippen molar-refractivity contribution in [2.75, 3.05) is 13.1 Å². The van der Waals surface area contributed by atoms with Crippen molar-refractivity contribution in [1.29, 1.82) is 0 Å². The average molecular weight is 235 g/mol. The van der Waals surface area contributed by atoms with Crippen LogP contribution in [-0.2, 0) is 0 Å². The minimum atomic E-state index is -2.30. The number of alkyl halides is 2. The van der Waals surface area contributed by atoms with Crippen molar-refractivity contribution in [1.82, 2.24) is 4.90 Å². The van der Waals surface area contributed by atoms with E-state index in [-0.39, 0.29) is 24.1 Å². The predicted octanol–water partition coefficient (Wildman–Crippen LogP) is 2.51. The summed E-state index contributed by atoms with van der Waals surface area (Å²) < 4.78 is 24.9. The lowest BCUT2D eigenvalue weighted by Gasteiger charge is -2.46. The molecule has 2 unspecified atom stereocenters. The summed E-state index contributed by atoms with van der Waals surface area (Å²) in [7, 11) is 0. The first-order valence-corrected chi connectivity index (χ1v) is 6.07. The molecule has 1 aliphatic rings. The van der Waals surface area contributed by atoms with Crippen molar-refractivity contribution < 1.29 is 13.9 Å². The summed E-state index contributed by atoms with van der Waals surface area (Å²) in [6, 6.07) is 0.0650. The monoisotopic (exact) mass is 235 g/mol. The topological polar surface area (TPSA) is 23.5 Å². The van der Waals surface area contributed by atoms with Gasteiger partial charge in [0, 0.05) is 6.04 Å². The fraction of sp³-hybridized carbons (Fsp3) is 1.00. The van der Waals surface area contributed by atoms with Crippen molar-refractivity contribution in [3.05, 3.63) is 0 Å². The molecule has 4 heteroatoms. The number of hydrogen-bond donors (Lipinski definition) is 1. The van der Waals surface area contributed by atoms with Crippen molar-refractivity contribution in [3.8, 4) is 0 Å². The maximum atomic E-state index is 12.5. The Morgan fingerprint density at radius 3 is 2.56 bits per heavy atom. The average Bonchev–Trinajstić information content (AvgIpc) is 2.18. The van der Waals surface area contributed by atoms with E-state index in [1.807, 2.05) is 11.8 Å². The van der Waals surface area contributed by atoms with Crippen LogP contribution in [0, 0.1) is 5.41 Å². The van der Waals surface area contributed by atoms with E-state index in [9.17, 15) is 13.9 Å². The van der Waals surface area contributed by atoms with E-state index >= 15 is 0 Å². The van der Waals surface area contributed by atoms with Crippen LogP contribution in [0.1, 0.15) is 40.0 Å². The molecule has 0 saturated heterocycles. The van der Waals surface area contributed by atoms with Gasteiger partial charge in [0.1, 0.15) is 0 Å². The quantitative estimate of drug-likeness (QED) is 0.809. The van der Waals surface area contributed by atoms with Gasteiger partial charge in [0.25, 0.3) is 6.43 Å². The molecule has 0 aromatic rings. The van der Waals surface area contributed by atoms with Gasteiger partial charge in [-0.3, -0.25) is 4.90 Å². The molecular formula is C12H23F2NO. The molecule has 0 spiro atoms. The van der Waals surface area contributed by atoms with Crippen LogP contribution >= 0.6 is 0 Å². The number of rotatable bonds is 4. The normalized spacial score (nSPS) is 30.0. The van der Waals surface area contributed by atoms with Gasteiger partial charge in [-0.2, -0.15) is 0 Å². The first kappa shape index (κ1) is 13.8. The van der Waals surface area contributed by atoms with Gasteiger partial charge in [0.05, 0.1) is 12.6 Å². The van der Waals surface area contributed by atoms with Crippen LogP contribution in [-0.4, -0.2) is 41.7 Å². The number of aliphatic hydroxyl groups excluding tert-OH is 1. The van der Waals surface area contributed by atoms with Crippen LogP contribution in [0.4, 0.5) is 8.78 Å². The zero-order valence-electron chi connectivity index (χ0n) is 10.4. The molecule has 2 nitrogen and oxygen atoms in total. The maximum Gasteiger partial charge on any atom is 0.251 e. The minimum Gasteiger partial charge on any atom is -0.393 e. The number of nitrogens with zero attached hydrogens (tertiary/aromatic N) is 1. The standard InChI is InChI=1S/C12H23F2NO/c1-4-15(8-11(13)14)10-7-9(16)5-6-12(10,2)3/h9-11,16H,4-8H2,1-3H3. The SMILES string of the molecule is CCN(CC(F)F)C1CC(O)CCC1(C)C. The second-order valence-electron chi connectivity index (χ2n) is 5.41. The van der Waals surface area contributed by atoms with Crippen LogP contribution in [0.3, 0.4) is 0 Å². The molecule has 16 heavy (non-hydrogen) atoms. The van der Waals surface area contributed by atoms with Crippen molar-refractivity contribution in [2.45, 2.75) is 58.6 Å². The first-order chi connectivity index (χ1) is 7.36. The van der Waals surface area contributed by atoms with Gasteiger partial charge in [-0.25, -0.2) is 8.78 Å². The molecule has 1 N–H and O–H groups in total. The highest BCUT2D eigenvalue weighted by atomic mass is 19.3. The molecule has 0 aromatic heterocycles. The molecule has 1 saturated carbocycles. The highest BCUT2D eigenvalue weighted by Gasteiger charge is 2.39. The Kier molecular flexibility index (Phi) is 4.68.